The summed E-state index contributed by atoms with van der Waals surface area (Å²) in [7, 11) is -3.40. The first-order valence-corrected chi connectivity index (χ1v) is 11.0. The van der Waals surface area contributed by atoms with Gasteiger partial charge in [-0.3, -0.25) is 4.98 Å². The van der Waals surface area contributed by atoms with Gasteiger partial charge in [-0.05, 0) is 30.2 Å². The van der Waals surface area contributed by atoms with Crippen LogP contribution in [0.4, 0.5) is 13.2 Å². The molecule has 0 amide bonds. The summed E-state index contributed by atoms with van der Waals surface area (Å²) >= 11 is 0. The highest BCUT2D eigenvalue weighted by atomic mass is 32.2. The number of carbonyl (C=O) groups is 1. The van der Waals surface area contributed by atoms with Crippen LogP contribution in [0, 0.1) is 0 Å². The Hall–Kier alpha value is -2.96. The fraction of sp³-hybridized carbons (Fsp3) is 0.300. The van der Waals surface area contributed by atoms with Gasteiger partial charge in [0.1, 0.15) is 0 Å². The number of sulfonamides is 1. The quantitative estimate of drug-likeness (QED) is 0.528. The Labute approximate surface area is 182 Å². The summed E-state index contributed by atoms with van der Waals surface area (Å²) in [6.45, 7) is 1.75. The largest absolute Gasteiger partial charge is 0.490 e. The molecule has 0 saturated carbocycles. The minimum Gasteiger partial charge on any atom is -0.475 e. The van der Waals surface area contributed by atoms with Crippen LogP contribution < -0.4 is 5.32 Å². The molecule has 0 bridgehead atoms. The highest BCUT2D eigenvalue weighted by molar-refractivity contribution is 7.89. The molecule has 8 nitrogen and oxygen atoms in total. The Morgan fingerprint density at radius 1 is 1.25 bits per heavy atom. The SMILES string of the molecule is O=C(O)C(F)(F)F.O=S(=O)(c1ccccc1)N1CC[C@H](NCc2c[nH]c3cnccc23)C1. The van der Waals surface area contributed by atoms with Crippen LogP contribution in [0.1, 0.15) is 12.0 Å². The first-order chi connectivity index (χ1) is 15.1. The molecule has 1 aromatic carbocycles. The van der Waals surface area contributed by atoms with Gasteiger partial charge in [-0.15, -0.1) is 0 Å². The minimum absolute atomic E-state index is 0.158. The Kier molecular flexibility index (Phi) is 7.16. The number of benzene rings is 1. The van der Waals surface area contributed by atoms with Gasteiger partial charge in [-0.25, -0.2) is 13.2 Å². The normalized spacial score (nSPS) is 17.2. The third-order valence-electron chi connectivity index (χ3n) is 4.92. The molecule has 4 rings (SSSR count). The van der Waals surface area contributed by atoms with E-state index in [1.54, 1.807) is 34.8 Å². The van der Waals surface area contributed by atoms with E-state index in [1.807, 2.05) is 24.5 Å². The van der Waals surface area contributed by atoms with Crippen molar-refractivity contribution in [2.75, 3.05) is 13.1 Å². The molecule has 3 N–H and O–H groups in total. The fourth-order valence-corrected chi connectivity index (χ4v) is 4.81. The third kappa shape index (κ3) is 5.64. The Balaban J connectivity index is 0.000000360. The number of aromatic amines is 1. The molecule has 1 fully saturated rings. The van der Waals surface area contributed by atoms with Gasteiger partial charge in [0.15, 0.2) is 0 Å². The van der Waals surface area contributed by atoms with Crippen molar-refractivity contribution >= 4 is 26.9 Å². The first kappa shape index (κ1) is 23.7. The molecule has 0 spiro atoms. The third-order valence-corrected chi connectivity index (χ3v) is 6.80. The lowest BCUT2D eigenvalue weighted by atomic mass is 10.2. The number of carboxylic acids is 1. The van der Waals surface area contributed by atoms with Gasteiger partial charge in [0.2, 0.25) is 10.0 Å². The molecule has 12 heteroatoms. The number of hydrogen-bond donors (Lipinski definition) is 3. The molecule has 1 atom stereocenters. The standard InChI is InChI=1S/C18H20N4O2S.C2HF3O2/c23-25(24,16-4-2-1-3-5-16)22-9-7-15(13-22)20-10-14-11-21-18-12-19-8-6-17(14)18;3-2(4,5)1(6)7/h1-6,8,11-12,15,20-21H,7,9-10,13H2;(H,6,7)/t15-;/m0./s1. The second-order valence-electron chi connectivity index (χ2n) is 7.08. The van der Waals surface area contributed by atoms with Gasteiger partial charge in [0.05, 0.1) is 16.6 Å². The summed E-state index contributed by atoms with van der Waals surface area (Å²) in [5, 5.41) is 11.8. The molecule has 3 heterocycles. The lowest BCUT2D eigenvalue weighted by Gasteiger charge is -2.17. The van der Waals surface area contributed by atoms with Crippen LogP contribution in [0.15, 0.2) is 59.9 Å². The first-order valence-electron chi connectivity index (χ1n) is 9.57. The number of pyridine rings is 1. The number of aromatic nitrogens is 2. The maximum absolute atomic E-state index is 12.7. The average molecular weight is 470 g/mol. The molecule has 0 radical (unpaired) electrons. The molecule has 3 aromatic rings. The fourth-order valence-electron chi connectivity index (χ4n) is 3.29. The van der Waals surface area contributed by atoms with Crippen molar-refractivity contribution < 1.29 is 31.5 Å². The smallest absolute Gasteiger partial charge is 0.475 e. The number of rotatable bonds is 5. The predicted octanol–water partition coefficient (Wildman–Crippen LogP) is 2.75. The lowest BCUT2D eigenvalue weighted by molar-refractivity contribution is -0.192. The number of aliphatic carboxylic acids is 1. The molecule has 1 aliphatic heterocycles. The number of nitrogens with zero attached hydrogens (tertiary/aromatic N) is 2. The zero-order valence-corrected chi connectivity index (χ0v) is 17.5. The van der Waals surface area contributed by atoms with Crippen molar-refractivity contribution in [1.29, 1.82) is 0 Å². The highest BCUT2D eigenvalue weighted by Gasteiger charge is 2.38. The second-order valence-corrected chi connectivity index (χ2v) is 9.02. The number of nitrogens with one attached hydrogen (secondary N) is 2. The molecular formula is C20H21F3N4O4S. The van der Waals surface area contributed by atoms with Crippen molar-refractivity contribution in [3.8, 4) is 0 Å². The van der Waals surface area contributed by atoms with Crippen LogP contribution in [-0.4, -0.2) is 59.1 Å². The molecule has 1 saturated heterocycles. The van der Waals surface area contributed by atoms with Crippen LogP contribution in [0.2, 0.25) is 0 Å². The summed E-state index contributed by atoms with van der Waals surface area (Å²) in [6, 6.07) is 10.8. The van der Waals surface area contributed by atoms with E-state index in [2.05, 4.69) is 15.3 Å². The monoisotopic (exact) mass is 470 g/mol. The summed E-state index contributed by atoms with van der Waals surface area (Å²) in [5.74, 6) is -2.76. The van der Waals surface area contributed by atoms with Crippen molar-refractivity contribution in [2.24, 2.45) is 0 Å². The number of alkyl halides is 3. The van der Waals surface area contributed by atoms with Gasteiger partial charge in [0, 0.05) is 43.5 Å². The number of H-pyrrole nitrogens is 1. The zero-order chi connectivity index (χ0) is 23.4. The van der Waals surface area contributed by atoms with Crippen molar-refractivity contribution in [2.45, 2.75) is 30.1 Å². The summed E-state index contributed by atoms with van der Waals surface area (Å²) in [4.78, 5) is 16.6. The maximum atomic E-state index is 12.7. The van der Waals surface area contributed by atoms with E-state index in [-0.39, 0.29) is 6.04 Å². The van der Waals surface area contributed by atoms with E-state index in [4.69, 9.17) is 9.90 Å². The Morgan fingerprint density at radius 3 is 2.59 bits per heavy atom. The molecule has 0 unspecified atom stereocenters. The summed E-state index contributed by atoms with van der Waals surface area (Å²) in [5.41, 5.74) is 2.18. The predicted molar refractivity (Wildman–Crippen MR) is 110 cm³/mol. The van der Waals surface area contributed by atoms with E-state index in [0.717, 1.165) is 17.3 Å². The molecule has 1 aliphatic rings. The van der Waals surface area contributed by atoms with Gasteiger partial charge in [-0.2, -0.15) is 17.5 Å². The Morgan fingerprint density at radius 2 is 1.94 bits per heavy atom. The number of hydrogen-bond acceptors (Lipinski definition) is 5. The number of halogens is 3. The highest BCUT2D eigenvalue weighted by Crippen LogP contribution is 2.22. The van der Waals surface area contributed by atoms with Crippen LogP contribution in [0.5, 0.6) is 0 Å². The topological polar surface area (TPSA) is 115 Å². The van der Waals surface area contributed by atoms with Gasteiger partial charge >= 0.3 is 12.1 Å². The number of carboxylic acid groups (broad SMARTS) is 1. The van der Waals surface area contributed by atoms with E-state index >= 15 is 0 Å². The molecular weight excluding hydrogens is 449 g/mol. The molecule has 0 aliphatic carbocycles. The average Bonchev–Trinajstić information content (AvgIpc) is 3.40. The van der Waals surface area contributed by atoms with Gasteiger partial charge in [-0.1, -0.05) is 18.2 Å². The van der Waals surface area contributed by atoms with Crippen LogP contribution in [0.25, 0.3) is 10.9 Å². The second kappa shape index (κ2) is 9.67. The molecule has 32 heavy (non-hydrogen) atoms. The van der Waals surface area contributed by atoms with Crippen molar-refractivity contribution in [3.05, 3.63) is 60.6 Å². The lowest BCUT2D eigenvalue weighted by Crippen LogP contribution is -2.34. The number of fused-ring (bicyclic) bond motifs is 1. The van der Waals surface area contributed by atoms with E-state index in [0.29, 0.717) is 24.5 Å². The van der Waals surface area contributed by atoms with Crippen LogP contribution in [-0.2, 0) is 21.4 Å². The molecule has 172 valence electrons. The zero-order valence-electron chi connectivity index (χ0n) is 16.7. The van der Waals surface area contributed by atoms with E-state index in [1.165, 1.54) is 5.56 Å². The van der Waals surface area contributed by atoms with Crippen molar-refractivity contribution in [1.82, 2.24) is 19.6 Å². The van der Waals surface area contributed by atoms with Crippen LogP contribution >= 0.6 is 0 Å². The maximum Gasteiger partial charge on any atom is 0.490 e. The summed E-state index contributed by atoms with van der Waals surface area (Å²) < 4.78 is 58.7. The van der Waals surface area contributed by atoms with Gasteiger partial charge in [0.25, 0.3) is 0 Å². The van der Waals surface area contributed by atoms with E-state index < -0.39 is 22.2 Å². The molecule has 2 aromatic heterocycles. The Bertz CT molecular complexity index is 1170. The van der Waals surface area contributed by atoms with Crippen LogP contribution in [0.3, 0.4) is 0 Å². The van der Waals surface area contributed by atoms with E-state index in [9.17, 15) is 21.6 Å². The minimum atomic E-state index is -5.08. The van der Waals surface area contributed by atoms with Gasteiger partial charge < -0.3 is 15.4 Å². The van der Waals surface area contributed by atoms with Crippen molar-refractivity contribution in [3.63, 3.8) is 0 Å². The summed E-state index contributed by atoms with van der Waals surface area (Å²) in [6.07, 6.45) is 1.30.